The summed E-state index contributed by atoms with van der Waals surface area (Å²) in [5, 5.41) is 3.65. The summed E-state index contributed by atoms with van der Waals surface area (Å²) in [6, 6.07) is 8.10. The molecule has 24 heavy (non-hydrogen) atoms. The molecule has 2 aromatic rings. The average Bonchev–Trinajstić information content (AvgIpc) is 2.53. The molecule has 0 saturated heterocycles. The maximum absolute atomic E-state index is 14.2. The first kappa shape index (κ1) is 17.5. The molecule has 0 heterocycles. The van der Waals surface area contributed by atoms with E-state index in [1.54, 1.807) is 25.1 Å². The van der Waals surface area contributed by atoms with Gasteiger partial charge in [-0.25, -0.2) is 8.78 Å². The van der Waals surface area contributed by atoms with Gasteiger partial charge in [0.25, 0.3) is 11.8 Å². The van der Waals surface area contributed by atoms with Gasteiger partial charge >= 0.3 is 6.43 Å². The summed E-state index contributed by atoms with van der Waals surface area (Å²) in [6.45, 7) is 1.76. The van der Waals surface area contributed by atoms with E-state index in [2.05, 4.69) is 5.32 Å². The van der Waals surface area contributed by atoms with E-state index in [0.717, 1.165) is 17.7 Å². The van der Waals surface area contributed by atoms with Crippen LogP contribution in [0, 0.1) is 18.6 Å². The SMILES string of the molecule is Cc1cccc(C(=O)Nc2ccc(F)c(NC(=O)C(F)F)c2F)c1. The van der Waals surface area contributed by atoms with Crippen molar-refractivity contribution in [2.75, 3.05) is 10.6 Å². The van der Waals surface area contributed by atoms with Crippen LogP contribution in [0.3, 0.4) is 0 Å². The first-order valence-corrected chi connectivity index (χ1v) is 6.74. The van der Waals surface area contributed by atoms with E-state index in [0.29, 0.717) is 0 Å². The van der Waals surface area contributed by atoms with Crippen LogP contribution < -0.4 is 10.6 Å². The van der Waals surface area contributed by atoms with Crippen LogP contribution in [0.2, 0.25) is 0 Å². The second kappa shape index (κ2) is 7.12. The summed E-state index contributed by atoms with van der Waals surface area (Å²) in [7, 11) is 0. The molecule has 0 spiro atoms. The number of benzene rings is 2. The predicted octanol–water partition coefficient (Wildman–Crippen LogP) is 3.73. The molecule has 0 aliphatic carbocycles. The lowest BCUT2D eigenvalue weighted by Gasteiger charge is -2.12. The Labute approximate surface area is 134 Å². The van der Waals surface area contributed by atoms with Gasteiger partial charge < -0.3 is 10.6 Å². The number of amides is 2. The highest BCUT2D eigenvalue weighted by atomic mass is 19.3. The number of hydrogen-bond donors (Lipinski definition) is 2. The van der Waals surface area contributed by atoms with E-state index in [1.165, 1.54) is 11.4 Å². The molecule has 0 atom stereocenters. The van der Waals surface area contributed by atoms with Crippen molar-refractivity contribution in [3.63, 3.8) is 0 Å². The van der Waals surface area contributed by atoms with Gasteiger partial charge in [0, 0.05) is 5.56 Å². The minimum atomic E-state index is -3.44. The van der Waals surface area contributed by atoms with E-state index >= 15 is 0 Å². The second-order valence-electron chi connectivity index (χ2n) is 4.90. The molecule has 126 valence electrons. The fourth-order valence-corrected chi connectivity index (χ4v) is 1.92. The molecular weight excluding hydrogens is 328 g/mol. The van der Waals surface area contributed by atoms with Crippen molar-refractivity contribution in [3.8, 4) is 0 Å². The standard InChI is InChI=1S/C16H12F4N2O2/c1-8-3-2-4-9(7-8)15(23)21-11-6-5-10(17)13(12(11)18)22-16(24)14(19)20/h2-7,14H,1H3,(H,21,23)(H,22,24). The summed E-state index contributed by atoms with van der Waals surface area (Å²) < 4.78 is 52.2. The molecule has 0 aromatic heterocycles. The van der Waals surface area contributed by atoms with Crippen LogP contribution in [-0.2, 0) is 4.79 Å². The van der Waals surface area contributed by atoms with Crippen molar-refractivity contribution in [1.29, 1.82) is 0 Å². The van der Waals surface area contributed by atoms with Gasteiger partial charge in [-0.3, -0.25) is 9.59 Å². The zero-order valence-corrected chi connectivity index (χ0v) is 12.4. The zero-order valence-electron chi connectivity index (χ0n) is 12.4. The molecule has 0 unspecified atom stereocenters. The summed E-state index contributed by atoms with van der Waals surface area (Å²) >= 11 is 0. The van der Waals surface area contributed by atoms with Crippen LogP contribution in [0.4, 0.5) is 28.9 Å². The molecule has 0 aliphatic rings. The third kappa shape index (κ3) is 3.89. The normalized spacial score (nSPS) is 10.6. The number of carbonyl (C=O) groups is 2. The first-order valence-electron chi connectivity index (χ1n) is 6.74. The first-order chi connectivity index (χ1) is 11.3. The minimum absolute atomic E-state index is 0.233. The van der Waals surface area contributed by atoms with Crippen LogP contribution >= 0.6 is 0 Å². The Balaban J connectivity index is 2.28. The Kier molecular flexibility index (Phi) is 5.18. The maximum Gasteiger partial charge on any atom is 0.315 e. The molecule has 2 rings (SSSR count). The predicted molar refractivity (Wildman–Crippen MR) is 80.1 cm³/mol. The van der Waals surface area contributed by atoms with Crippen molar-refractivity contribution < 1.29 is 27.2 Å². The molecule has 2 N–H and O–H groups in total. The van der Waals surface area contributed by atoms with Crippen LogP contribution in [0.25, 0.3) is 0 Å². The largest absolute Gasteiger partial charge is 0.319 e. The Morgan fingerprint density at radius 1 is 1.04 bits per heavy atom. The van der Waals surface area contributed by atoms with E-state index in [1.807, 2.05) is 0 Å². The van der Waals surface area contributed by atoms with Gasteiger partial charge in [0.1, 0.15) is 11.5 Å². The Bertz CT molecular complexity index is 794. The second-order valence-corrected chi connectivity index (χ2v) is 4.90. The number of halogens is 4. The quantitative estimate of drug-likeness (QED) is 0.833. The third-order valence-corrected chi connectivity index (χ3v) is 3.07. The highest BCUT2D eigenvalue weighted by Crippen LogP contribution is 2.26. The molecule has 0 aliphatic heterocycles. The highest BCUT2D eigenvalue weighted by Gasteiger charge is 2.22. The van der Waals surface area contributed by atoms with Crippen molar-refractivity contribution in [1.82, 2.24) is 0 Å². The van der Waals surface area contributed by atoms with Crippen LogP contribution in [0.1, 0.15) is 15.9 Å². The van der Waals surface area contributed by atoms with Gasteiger partial charge in [0.2, 0.25) is 0 Å². The summed E-state index contributed by atoms with van der Waals surface area (Å²) in [4.78, 5) is 23.0. The van der Waals surface area contributed by atoms with Crippen LogP contribution in [0.5, 0.6) is 0 Å². The Hall–Kier alpha value is -2.90. The Morgan fingerprint density at radius 2 is 1.75 bits per heavy atom. The number of nitrogens with one attached hydrogen (secondary N) is 2. The number of hydrogen-bond acceptors (Lipinski definition) is 2. The van der Waals surface area contributed by atoms with Gasteiger partial charge in [-0.2, -0.15) is 8.78 Å². The molecule has 4 nitrogen and oxygen atoms in total. The molecule has 8 heteroatoms. The highest BCUT2D eigenvalue weighted by molar-refractivity contribution is 6.05. The van der Waals surface area contributed by atoms with Gasteiger partial charge in [0.15, 0.2) is 5.82 Å². The lowest BCUT2D eigenvalue weighted by atomic mass is 10.1. The van der Waals surface area contributed by atoms with Crippen molar-refractivity contribution in [3.05, 3.63) is 59.2 Å². The fourth-order valence-electron chi connectivity index (χ4n) is 1.92. The van der Waals surface area contributed by atoms with E-state index < -0.39 is 41.2 Å². The lowest BCUT2D eigenvalue weighted by molar-refractivity contribution is -0.126. The smallest absolute Gasteiger partial charge is 0.315 e. The van der Waals surface area contributed by atoms with Gasteiger partial charge in [-0.05, 0) is 31.2 Å². The van der Waals surface area contributed by atoms with Gasteiger partial charge in [-0.1, -0.05) is 17.7 Å². The van der Waals surface area contributed by atoms with Gasteiger partial charge in [0.05, 0.1) is 5.69 Å². The molecule has 0 fully saturated rings. The van der Waals surface area contributed by atoms with Crippen molar-refractivity contribution in [2.45, 2.75) is 13.3 Å². The summed E-state index contributed by atoms with van der Waals surface area (Å²) in [6.07, 6.45) is -3.44. The number of aryl methyl sites for hydroxylation is 1. The molecule has 0 bridgehead atoms. The number of anilines is 2. The Morgan fingerprint density at radius 3 is 2.38 bits per heavy atom. The molecule has 0 saturated carbocycles. The van der Waals surface area contributed by atoms with Crippen molar-refractivity contribution in [2.24, 2.45) is 0 Å². The van der Waals surface area contributed by atoms with Crippen molar-refractivity contribution >= 4 is 23.2 Å². The van der Waals surface area contributed by atoms with Crippen LogP contribution in [0.15, 0.2) is 36.4 Å². The average molecular weight is 340 g/mol. The summed E-state index contributed by atoms with van der Waals surface area (Å²) in [5.41, 5.74) is -0.473. The minimum Gasteiger partial charge on any atom is -0.319 e. The molecule has 0 radical (unpaired) electrons. The number of rotatable bonds is 4. The fraction of sp³-hybridized carbons (Fsp3) is 0.125. The lowest BCUT2D eigenvalue weighted by Crippen LogP contribution is -2.22. The maximum atomic E-state index is 14.2. The molecule has 2 amide bonds. The monoisotopic (exact) mass is 340 g/mol. The number of alkyl halides is 2. The zero-order chi connectivity index (χ0) is 17.9. The van der Waals surface area contributed by atoms with Gasteiger partial charge in [-0.15, -0.1) is 0 Å². The summed E-state index contributed by atoms with van der Waals surface area (Å²) in [5.74, 6) is -5.12. The van der Waals surface area contributed by atoms with E-state index in [4.69, 9.17) is 0 Å². The third-order valence-electron chi connectivity index (χ3n) is 3.07. The topological polar surface area (TPSA) is 58.2 Å². The van der Waals surface area contributed by atoms with Crippen LogP contribution in [-0.4, -0.2) is 18.2 Å². The number of carbonyl (C=O) groups excluding carboxylic acids is 2. The molecular formula is C16H12F4N2O2. The van der Waals surface area contributed by atoms with E-state index in [9.17, 15) is 27.2 Å². The van der Waals surface area contributed by atoms with E-state index in [-0.39, 0.29) is 5.56 Å². The molecule has 2 aromatic carbocycles.